The summed E-state index contributed by atoms with van der Waals surface area (Å²) in [6.45, 7) is 7.79. The zero-order chi connectivity index (χ0) is 13.8. The summed E-state index contributed by atoms with van der Waals surface area (Å²) >= 11 is 0. The van der Waals surface area contributed by atoms with Crippen LogP contribution >= 0.6 is 0 Å². The lowest BCUT2D eigenvalue weighted by Crippen LogP contribution is -2.41. The number of carbonyl (C=O) groups excluding carboxylic acids is 2. The molecule has 1 fully saturated rings. The summed E-state index contributed by atoms with van der Waals surface area (Å²) in [5.41, 5.74) is -0.503. The van der Waals surface area contributed by atoms with Crippen molar-refractivity contribution in [3.63, 3.8) is 0 Å². The molecule has 0 atom stereocenters. The highest BCUT2D eigenvalue weighted by molar-refractivity contribution is 5.84. The molecule has 4 heteroatoms. The minimum absolute atomic E-state index is 0.134. The van der Waals surface area contributed by atoms with Crippen molar-refractivity contribution in [3.8, 4) is 0 Å². The van der Waals surface area contributed by atoms with Crippen molar-refractivity contribution >= 4 is 11.9 Å². The van der Waals surface area contributed by atoms with Gasteiger partial charge in [0.1, 0.15) is 5.60 Å². The van der Waals surface area contributed by atoms with E-state index in [1.165, 1.54) is 0 Å². The Morgan fingerprint density at radius 2 is 1.89 bits per heavy atom. The van der Waals surface area contributed by atoms with Crippen molar-refractivity contribution in [2.45, 2.75) is 71.4 Å². The second-order valence-corrected chi connectivity index (χ2v) is 5.98. The summed E-state index contributed by atoms with van der Waals surface area (Å²) in [6.07, 6.45) is 4.07. The standard InChI is InChI=1S/C14H25NO3/c1-5-6-7-12(16)10-15(11-8-9-11)13(17)18-14(2,3)4/h11H,5-10H2,1-4H3. The molecule has 0 aliphatic heterocycles. The molecule has 1 amide bonds. The van der Waals surface area contributed by atoms with E-state index in [2.05, 4.69) is 6.92 Å². The minimum Gasteiger partial charge on any atom is -0.444 e. The van der Waals surface area contributed by atoms with Crippen LogP contribution in [0.1, 0.15) is 59.8 Å². The zero-order valence-corrected chi connectivity index (χ0v) is 12.0. The molecule has 0 bridgehead atoms. The normalized spacial score (nSPS) is 15.3. The Labute approximate surface area is 110 Å². The predicted molar refractivity (Wildman–Crippen MR) is 70.5 cm³/mol. The van der Waals surface area contributed by atoms with Gasteiger partial charge in [0, 0.05) is 12.5 Å². The maximum Gasteiger partial charge on any atom is 0.410 e. The van der Waals surface area contributed by atoms with Crippen LogP contribution in [0.15, 0.2) is 0 Å². The van der Waals surface area contributed by atoms with Crippen LogP contribution in [0, 0.1) is 0 Å². The highest BCUT2D eigenvalue weighted by atomic mass is 16.6. The lowest BCUT2D eigenvalue weighted by molar-refractivity contribution is -0.120. The fraction of sp³-hybridized carbons (Fsp3) is 0.857. The Morgan fingerprint density at radius 3 is 2.33 bits per heavy atom. The van der Waals surface area contributed by atoms with Gasteiger partial charge in [0.15, 0.2) is 5.78 Å². The first-order chi connectivity index (χ1) is 8.33. The average Bonchev–Trinajstić information content (AvgIpc) is 3.04. The highest BCUT2D eigenvalue weighted by Gasteiger charge is 2.36. The van der Waals surface area contributed by atoms with Crippen molar-refractivity contribution in [3.05, 3.63) is 0 Å². The minimum atomic E-state index is -0.503. The Morgan fingerprint density at radius 1 is 1.28 bits per heavy atom. The molecular formula is C14H25NO3. The van der Waals surface area contributed by atoms with Crippen molar-refractivity contribution < 1.29 is 14.3 Å². The van der Waals surface area contributed by atoms with E-state index in [0.29, 0.717) is 6.42 Å². The maximum atomic E-state index is 12.0. The first-order valence-corrected chi connectivity index (χ1v) is 6.85. The molecule has 1 rings (SSSR count). The number of Topliss-reactive ketones (excluding diaryl/α,β-unsaturated/α-hetero) is 1. The van der Waals surface area contributed by atoms with Gasteiger partial charge in [0.25, 0.3) is 0 Å². The topological polar surface area (TPSA) is 46.6 Å². The third-order valence-corrected chi connectivity index (χ3v) is 2.77. The van der Waals surface area contributed by atoms with Gasteiger partial charge >= 0.3 is 6.09 Å². The molecule has 4 nitrogen and oxygen atoms in total. The van der Waals surface area contributed by atoms with E-state index in [0.717, 1.165) is 25.7 Å². The number of nitrogens with zero attached hydrogens (tertiary/aromatic N) is 1. The van der Waals surface area contributed by atoms with Crippen molar-refractivity contribution in [2.24, 2.45) is 0 Å². The molecule has 0 aromatic heterocycles. The summed E-state index contributed by atoms with van der Waals surface area (Å²) in [7, 11) is 0. The molecule has 1 saturated carbocycles. The molecule has 1 aliphatic rings. The summed E-state index contributed by atoms with van der Waals surface area (Å²) in [5, 5.41) is 0. The van der Waals surface area contributed by atoms with Crippen LogP contribution in [0.3, 0.4) is 0 Å². The van der Waals surface area contributed by atoms with E-state index in [1.807, 2.05) is 20.8 Å². The van der Waals surface area contributed by atoms with Gasteiger partial charge in [-0.15, -0.1) is 0 Å². The third-order valence-electron chi connectivity index (χ3n) is 2.77. The van der Waals surface area contributed by atoms with E-state index in [4.69, 9.17) is 4.74 Å². The van der Waals surface area contributed by atoms with Gasteiger partial charge in [0.2, 0.25) is 0 Å². The van der Waals surface area contributed by atoms with E-state index in [1.54, 1.807) is 4.90 Å². The monoisotopic (exact) mass is 255 g/mol. The van der Waals surface area contributed by atoms with E-state index in [-0.39, 0.29) is 24.5 Å². The molecule has 104 valence electrons. The fourth-order valence-electron chi connectivity index (χ4n) is 1.69. The zero-order valence-electron chi connectivity index (χ0n) is 12.0. The molecule has 0 N–H and O–H groups in total. The Kier molecular flexibility index (Phi) is 5.17. The number of ketones is 1. The Hall–Kier alpha value is -1.06. The van der Waals surface area contributed by atoms with Gasteiger partial charge in [-0.05, 0) is 40.0 Å². The Bertz CT molecular complexity index is 303. The number of hydrogen-bond acceptors (Lipinski definition) is 3. The van der Waals surface area contributed by atoms with E-state index < -0.39 is 5.60 Å². The second-order valence-electron chi connectivity index (χ2n) is 5.98. The maximum absolute atomic E-state index is 12.0. The van der Waals surface area contributed by atoms with Gasteiger partial charge in [0.05, 0.1) is 6.54 Å². The fourth-order valence-corrected chi connectivity index (χ4v) is 1.69. The number of rotatable bonds is 6. The van der Waals surface area contributed by atoms with Gasteiger partial charge < -0.3 is 4.74 Å². The van der Waals surface area contributed by atoms with Crippen LogP contribution in [0.5, 0.6) is 0 Å². The predicted octanol–water partition coefficient (Wildman–Crippen LogP) is 3.15. The molecule has 0 saturated heterocycles. The van der Waals surface area contributed by atoms with Crippen LogP contribution in [0.2, 0.25) is 0 Å². The largest absolute Gasteiger partial charge is 0.444 e. The molecule has 0 spiro atoms. The van der Waals surface area contributed by atoms with Crippen LogP contribution in [0.4, 0.5) is 4.79 Å². The number of hydrogen-bond donors (Lipinski definition) is 0. The van der Waals surface area contributed by atoms with Gasteiger partial charge in [-0.3, -0.25) is 9.69 Å². The van der Waals surface area contributed by atoms with Crippen molar-refractivity contribution in [1.82, 2.24) is 4.90 Å². The van der Waals surface area contributed by atoms with Gasteiger partial charge in [-0.2, -0.15) is 0 Å². The third kappa shape index (κ3) is 5.52. The molecule has 0 aromatic rings. The molecular weight excluding hydrogens is 230 g/mol. The number of unbranched alkanes of at least 4 members (excludes halogenated alkanes) is 1. The van der Waals surface area contributed by atoms with Gasteiger partial charge in [-0.1, -0.05) is 13.3 Å². The quantitative estimate of drug-likeness (QED) is 0.732. The summed E-state index contributed by atoms with van der Waals surface area (Å²) in [6, 6.07) is 0.213. The molecule has 0 radical (unpaired) electrons. The number of carbonyl (C=O) groups is 2. The highest BCUT2D eigenvalue weighted by Crippen LogP contribution is 2.28. The lowest BCUT2D eigenvalue weighted by atomic mass is 10.2. The number of ether oxygens (including phenoxy) is 1. The molecule has 0 aromatic carbocycles. The van der Waals surface area contributed by atoms with Crippen LogP contribution in [-0.2, 0) is 9.53 Å². The SMILES string of the molecule is CCCCC(=O)CN(C(=O)OC(C)(C)C)C1CC1. The summed E-state index contributed by atoms with van der Waals surface area (Å²) < 4.78 is 5.34. The molecule has 0 unspecified atom stereocenters. The van der Waals surface area contributed by atoms with Crippen molar-refractivity contribution in [1.29, 1.82) is 0 Å². The average molecular weight is 255 g/mol. The van der Waals surface area contributed by atoms with Crippen LogP contribution < -0.4 is 0 Å². The van der Waals surface area contributed by atoms with Crippen LogP contribution in [0.25, 0.3) is 0 Å². The molecule has 1 aliphatic carbocycles. The van der Waals surface area contributed by atoms with Crippen LogP contribution in [-0.4, -0.2) is 35.0 Å². The van der Waals surface area contributed by atoms with Crippen molar-refractivity contribution in [2.75, 3.05) is 6.54 Å². The summed E-state index contributed by atoms with van der Waals surface area (Å²) in [4.78, 5) is 25.4. The van der Waals surface area contributed by atoms with E-state index in [9.17, 15) is 9.59 Å². The van der Waals surface area contributed by atoms with E-state index >= 15 is 0 Å². The first-order valence-electron chi connectivity index (χ1n) is 6.85. The summed E-state index contributed by atoms with van der Waals surface area (Å²) in [5.74, 6) is 0.134. The van der Waals surface area contributed by atoms with Gasteiger partial charge in [-0.25, -0.2) is 4.79 Å². The second kappa shape index (κ2) is 6.21. The molecule has 18 heavy (non-hydrogen) atoms. The smallest absolute Gasteiger partial charge is 0.410 e. The molecule has 0 heterocycles. The lowest BCUT2D eigenvalue weighted by Gasteiger charge is -2.27. The first kappa shape index (κ1) is 15.0. The Balaban J connectivity index is 2.49. The number of amides is 1.